The highest BCUT2D eigenvalue weighted by molar-refractivity contribution is 5.50. The molecule has 0 saturated carbocycles. The molecule has 1 aliphatic heterocycles. The van der Waals surface area contributed by atoms with Crippen molar-refractivity contribution in [1.82, 2.24) is 4.90 Å². The smallest absolute Gasteiger partial charge is 0.0542 e. The van der Waals surface area contributed by atoms with Crippen molar-refractivity contribution in [3.8, 4) is 0 Å². The van der Waals surface area contributed by atoms with E-state index in [9.17, 15) is 0 Å². The van der Waals surface area contributed by atoms with Crippen LogP contribution < -0.4 is 10.6 Å². The third kappa shape index (κ3) is 2.61. The first-order chi connectivity index (χ1) is 8.11. The number of piperazine rings is 1. The Morgan fingerprint density at radius 3 is 2.47 bits per heavy atom. The van der Waals surface area contributed by atoms with Crippen LogP contribution in [0, 0.1) is 6.92 Å². The molecular formula is C14H23N3. The molecule has 94 valence electrons. The SMILES string of the molecule is Cc1ccc(N2C(C)CN(C)CC2CN)cc1. The van der Waals surface area contributed by atoms with E-state index in [1.54, 1.807) is 0 Å². The molecule has 2 rings (SSSR count). The predicted molar refractivity (Wildman–Crippen MR) is 73.5 cm³/mol. The van der Waals surface area contributed by atoms with E-state index < -0.39 is 0 Å². The lowest BCUT2D eigenvalue weighted by atomic mass is 10.1. The summed E-state index contributed by atoms with van der Waals surface area (Å²) in [5.74, 6) is 0. The Hall–Kier alpha value is -1.06. The van der Waals surface area contributed by atoms with Gasteiger partial charge in [0.05, 0.1) is 6.04 Å². The van der Waals surface area contributed by atoms with Gasteiger partial charge < -0.3 is 15.5 Å². The van der Waals surface area contributed by atoms with Gasteiger partial charge in [0.1, 0.15) is 0 Å². The lowest BCUT2D eigenvalue weighted by molar-refractivity contribution is 0.235. The molecule has 0 amide bonds. The zero-order valence-corrected chi connectivity index (χ0v) is 11.1. The maximum Gasteiger partial charge on any atom is 0.0542 e. The van der Waals surface area contributed by atoms with Gasteiger partial charge in [-0.25, -0.2) is 0 Å². The van der Waals surface area contributed by atoms with Crippen LogP contribution in [0.4, 0.5) is 5.69 Å². The molecule has 0 spiro atoms. The number of rotatable bonds is 2. The summed E-state index contributed by atoms with van der Waals surface area (Å²) in [4.78, 5) is 4.84. The highest BCUT2D eigenvalue weighted by Crippen LogP contribution is 2.24. The molecule has 1 fully saturated rings. The van der Waals surface area contributed by atoms with Crippen LogP contribution in [0.3, 0.4) is 0 Å². The van der Waals surface area contributed by atoms with Gasteiger partial charge in [0, 0.05) is 31.4 Å². The second kappa shape index (κ2) is 5.07. The Morgan fingerprint density at radius 2 is 1.88 bits per heavy atom. The summed E-state index contributed by atoms with van der Waals surface area (Å²) in [7, 11) is 2.17. The Kier molecular flexibility index (Phi) is 3.69. The van der Waals surface area contributed by atoms with Crippen molar-refractivity contribution in [2.75, 3.05) is 31.6 Å². The third-order valence-electron chi connectivity index (χ3n) is 3.57. The van der Waals surface area contributed by atoms with Crippen LogP contribution in [0.2, 0.25) is 0 Å². The van der Waals surface area contributed by atoms with Crippen molar-refractivity contribution in [3.63, 3.8) is 0 Å². The zero-order chi connectivity index (χ0) is 12.4. The van der Waals surface area contributed by atoms with Crippen molar-refractivity contribution in [1.29, 1.82) is 0 Å². The first kappa shape index (κ1) is 12.4. The van der Waals surface area contributed by atoms with E-state index in [-0.39, 0.29) is 0 Å². The quantitative estimate of drug-likeness (QED) is 0.839. The van der Waals surface area contributed by atoms with Gasteiger partial charge in [-0.15, -0.1) is 0 Å². The van der Waals surface area contributed by atoms with Crippen molar-refractivity contribution < 1.29 is 0 Å². The van der Waals surface area contributed by atoms with Crippen LogP contribution in [0.1, 0.15) is 12.5 Å². The molecule has 3 nitrogen and oxygen atoms in total. The first-order valence-electron chi connectivity index (χ1n) is 6.35. The molecule has 3 heteroatoms. The fourth-order valence-electron chi connectivity index (χ4n) is 2.79. The molecule has 0 aromatic heterocycles. The fourth-order valence-corrected chi connectivity index (χ4v) is 2.79. The van der Waals surface area contributed by atoms with Gasteiger partial charge in [-0.05, 0) is 33.0 Å². The largest absolute Gasteiger partial charge is 0.362 e. The van der Waals surface area contributed by atoms with Crippen molar-refractivity contribution >= 4 is 5.69 Å². The van der Waals surface area contributed by atoms with Gasteiger partial charge in [0.2, 0.25) is 0 Å². The number of nitrogens with two attached hydrogens (primary N) is 1. The Labute approximate surface area is 104 Å². The van der Waals surface area contributed by atoms with Gasteiger partial charge in [-0.1, -0.05) is 17.7 Å². The minimum atomic E-state index is 0.423. The summed E-state index contributed by atoms with van der Waals surface area (Å²) >= 11 is 0. The van der Waals surface area contributed by atoms with E-state index in [1.807, 2.05) is 0 Å². The van der Waals surface area contributed by atoms with E-state index in [0.717, 1.165) is 13.1 Å². The number of hydrogen-bond acceptors (Lipinski definition) is 3. The Morgan fingerprint density at radius 1 is 1.24 bits per heavy atom. The summed E-state index contributed by atoms with van der Waals surface area (Å²) in [6.45, 7) is 7.26. The van der Waals surface area contributed by atoms with E-state index in [0.29, 0.717) is 18.6 Å². The number of aryl methyl sites for hydroxylation is 1. The lowest BCUT2D eigenvalue weighted by Crippen LogP contribution is -2.59. The molecule has 1 heterocycles. The van der Waals surface area contributed by atoms with Gasteiger partial charge in [0.25, 0.3) is 0 Å². The first-order valence-corrected chi connectivity index (χ1v) is 6.35. The third-order valence-corrected chi connectivity index (χ3v) is 3.57. The molecule has 1 aromatic carbocycles. The summed E-state index contributed by atoms with van der Waals surface area (Å²) in [5, 5.41) is 0. The van der Waals surface area contributed by atoms with Crippen LogP contribution in [0.15, 0.2) is 24.3 Å². The highest BCUT2D eigenvalue weighted by Gasteiger charge is 2.29. The Balaban J connectivity index is 2.24. The summed E-state index contributed by atoms with van der Waals surface area (Å²) in [6.07, 6.45) is 0. The number of nitrogens with zero attached hydrogens (tertiary/aromatic N) is 2. The minimum Gasteiger partial charge on any atom is -0.362 e. The number of benzene rings is 1. The average Bonchev–Trinajstić information content (AvgIpc) is 2.30. The molecule has 1 aromatic rings. The average molecular weight is 233 g/mol. The standard InChI is InChI=1S/C14H23N3/c1-11-4-6-13(7-5-11)17-12(2)9-16(3)10-14(17)8-15/h4-7,12,14H,8-10,15H2,1-3H3. The van der Waals surface area contributed by atoms with Crippen LogP contribution >= 0.6 is 0 Å². The van der Waals surface area contributed by atoms with E-state index in [4.69, 9.17) is 5.73 Å². The molecule has 1 saturated heterocycles. The highest BCUT2D eigenvalue weighted by atomic mass is 15.3. The second-order valence-electron chi connectivity index (χ2n) is 5.20. The molecule has 2 N–H and O–H groups in total. The van der Waals surface area contributed by atoms with Crippen LogP contribution in [0.25, 0.3) is 0 Å². The zero-order valence-electron chi connectivity index (χ0n) is 11.1. The second-order valence-corrected chi connectivity index (χ2v) is 5.20. The van der Waals surface area contributed by atoms with E-state index >= 15 is 0 Å². The molecule has 2 atom stereocenters. The molecule has 0 radical (unpaired) electrons. The van der Waals surface area contributed by atoms with E-state index in [1.165, 1.54) is 11.3 Å². The molecule has 1 aliphatic rings. The van der Waals surface area contributed by atoms with Crippen LogP contribution in [0.5, 0.6) is 0 Å². The van der Waals surface area contributed by atoms with Gasteiger partial charge >= 0.3 is 0 Å². The minimum absolute atomic E-state index is 0.423. The maximum absolute atomic E-state index is 5.92. The molecule has 0 aliphatic carbocycles. The van der Waals surface area contributed by atoms with Crippen molar-refractivity contribution in [2.45, 2.75) is 25.9 Å². The molecule has 2 unspecified atom stereocenters. The van der Waals surface area contributed by atoms with Gasteiger partial charge in [0.15, 0.2) is 0 Å². The van der Waals surface area contributed by atoms with Crippen molar-refractivity contribution in [2.24, 2.45) is 5.73 Å². The van der Waals surface area contributed by atoms with E-state index in [2.05, 4.69) is 55.0 Å². The number of hydrogen-bond donors (Lipinski definition) is 1. The van der Waals surface area contributed by atoms with Gasteiger partial charge in [-0.3, -0.25) is 0 Å². The molecular weight excluding hydrogens is 210 g/mol. The predicted octanol–water partition coefficient (Wildman–Crippen LogP) is 1.46. The topological polar surface area (TPSA) is 32.5 Å². The van der Waals surface area contributed by atoms with Crippen LogP contribution in [-0.4, -0.2) is 43.7 Å². The maximum atomic E-state index is 5.92. The Bertz CT molecular complexity index is 360. The fraction of sp³-hybridized carbons (Fsp3) is 0.571. The van der Waals surface area contributed by atoms with Crippen LogP contribution in [-0.2, 0) is 0 Å². The lowest BCUT2D eigenvalue weighted by Gasteiger charge is -2.45. The summed E-state index contributed by atoms with van der Waals surface area (Å²) in [5.41, 5.74) is 8.52. The summed E-state index contributed by atoms with van der Waals surface area (Å²) < 4.78 is 0. The normalized spacial score (nSPS) is 26.2. The van der Waals surface area contributed by atoms with Gasteiger partial charge in [-0.2, -0.15) is 0 Å². The number of anilines is 1. The molecule has 17 heavy (non-hydrogen) atoms. The number of likely N-dealkylation sites (N-methyl/N-ethyl adjacent to an activating group) is 1. The van der Waals surface area contributed by atoms with Crippen molar-refractivity contribution in [3.05, 3.63) is 29.8 Å². The summed E-state index contributed by atoms with van der Waals surface area (Å²) in [6, 6.07) is 9.71. The molecule has 0 bridgehead atoms. The monoisotopic (exact) mass is 233 g/mol.